The zero-order valence-corrected chi connectivity index (χ0v) is 21.1. The van der Waals surface area contributed by atoms with E-state index in [1.165, 1.54) is 29.2 Å². The number of esters is 1. The second-order valence-electron chi connectivity index (χ2n) is 9.52. The van der Waals surface area contributed by atoms with Crippen LogP contribution in [0.25, 0.3) is 0 Å². The van der Waals surface area contributed by atoms with E-state index in [9.17, 15) is 18.8 Å². The number of aromatic amines is 1. The highest BCUT2D eigenvalue weighted by atomic mass is 19.1. The molecule has 190 valence electrons. The third-order valence-corrected chi connectivity index (χ3v) is 6.92. The minimum atomic E-state index is -1.29. The highest BCUT2D eigenvalue weighted by molar-refractivity contribution is 6.11. The fourth-order valence-corrected chi connectivity index (χ4v) is 4.49. The first-order chi connectivity index (χ1) is 16.6. The Balaban J connectivity index is 2.00. The van der Waals surface area contributed by atoms with Crippen LogP contribution in [-0.4, -0.2) is 46.2 Å². The van der Waals surface area contributed by atoms with Crippen LogP contribution in [0.15, 0.2) is 24.3 Å². The maximum atomic E-state index is 13.9. The topological polar surface area (TPSA) is 104 Å². The first kappa shape index (κ1) is 26.4. The fraction of sp³-hybridized carbons (Fsp3) is 0.538. The molecule has 9 heteroatoms. The van der Waals surface area contributed by atoms with Gasteiger partial charge in [-0.05, 0) is 82.6 Å². The summed E-state index contributed by atoms with van der Waals surface area (Å²) in [6.45, 7) is 9.28. The van der Waals surface area contributed by atoms with Gasteiger partial charge < -0.3 is 10.1 Å². The Bertz CT molecular complexity index is 1080. The second-order valence-corrected chi connectivity index (χ2v) is 9.52. The molecule has 3 rings (SSSR count). The van der Waals surface area contributed by atoms with Gasteiger partial charge in [-0.3, -0.25) is 19.6 Å². The normalized spacial score (nSPS) is 19.5. The number of ether oxygens (including phenoxy) is 1. The average Bonchev–Trinajstić information content (AvgIpc) is 3.32. The molecular weight excluding hydrogens is 451 g/mol. The molecule has 1 aliphatic rings. The number of amides is 2. The Morgan fingerprint density at radius 3 is 2.49 bits per heavy atom. The van der Waals surface area contributed by atoms with Gasteiger partial charge in [0.25, 0.3) is 5.91 Å². The number of rotatable bonds is 8. The molecule has 1 saturated carbocycles. The molecule has 2 amide bonds. The number of benzene rings is 1. The molecule has 1 aromatic heterocycles. The van der Waals surface area contributed by atoms with Gasteiger partial charge in [-0.25, -0.2) is 9.18 Å². The number of nitrogens with one attached hydrogen (secondary N) is 2. The molecule has 8 nitrogen and oxygen atoms in total. The maximum absolute atomic E-state index is 13.9. The molecule has 2 N–H and O–H groups in total. The molecule has 0 radical (unpaired) electrons. The third-order valence-electron chi connectivity index (χ3n) is 6.92. The van der Waals surface area contributed by atoms with Crippen molar-refractivity contribution in [3.05, 3.63) is 47.0 Å². The Morgan fingerprint density at radius 1 is 1.20 bits per heavy atom. The van der Waals surface area contributed by atoms with Crippen molar-refractivity contribution in [3.8, 4) is 0 Å². The van der Waals surface area contributed by atoms with Gasteiger partial charge in [0.15, 0.2) is 5.69 Å². The van der Waals surface area contributed by atoms with Crippen LogP contribution in [0.5, 0.6) is 0 Å². The molecule has 1 atom stereocenters. The van der Waals surface area contributed by atoms with E-state index >= 15 is 0 Å². The molecule has 35 heavy (non-hydrogen) atoms. The molecule has 1 aromatic carbocycles. The Labute approximate surface area is 205 Å². The van der Waals surface area contributed by atoms with Gasteiger partial charge in [0.1, 0.15) is 17.1 Å². The number of aromatic nitrogens is 2. The van der Waals surface area contributed by atoms with Crippen LogP contribution in [0.1, 0.15) is 86.3 Å². The smallest absolute Gasteiger partial charge is 0.356 e. The maximum Gasteiger partial charge on any atom is 0.356 e. The molecule has 1 fully saturated rings. The summed E-state index contributed by atoms with van der Waals surface area (Å²) in [4.78, 5) is 41.0. The van der Waals surface area contributed by atoms with Crippen LogP contribution in [0.2, 0.25) is 0 Å². The zero-order chi connectivity index (χ0) is 25.8. The molecule has 0 saturated heterocycles. The van der Waals surface area contributed by atoms with Crippen LogP contribution < -0.4 is 10.2 Å². The van der Waals surface area contributed by atoms with Crippen molar-refractivity contribution >= 4 is 23.5 Å². The van der Waals surface area contributed by atoms with E-state index in [4.69, 9.17) is 4.74 Å². The minimum absolute atomic E-state index is 0.0324. The van der Waals surface area contributed by atoms with Crippen LogP contribution in [0.3, 0.4) is 0 Å². The van der Waals surface area contributed by atoms with Crippen molar-refractivity contribution in [2.45, 2.75) is 78.3 Å². The number of hydrogen-bond donors (Lipinski definition) is 2. The molecule has 0 bridgehead atoms. The Hall–Kier alpha value is -3.23. The lowest BCUT2D eigenvalue weighted by Gasteiger charge is -2.41. The number of anilines is 1. The number of carbonyl (C=O) groups excluding carboxylic acids is 3. The standard InChI is InChI=1S/C26H35FN4O4/c1-6-26(5,25(34)28-19-11-8-16(3)9-12-19)31(22-13-10-18(27)14-17(22)4)23(32)20-15-21(30-29-20)24(33)35-7-2/h10,13-16,19H,6-9,11-12H2,1-5H3,(H,28,34)(H,29,30). The average molecular weight is 487 g/mol. The Kier molecular flexibility index (Phi) is 8.30. The number of aryl methyl sites for hydroxylation is 1. The van der Waals surface area contributed by atoms with E-state index in [0.29, 0.717) is 23.6 Å². The van der Waals surface area contributed by atoms with Crippen LogP contribution in [0.4, 0.5) is 10.1 Å². The predicted molar refractivity (Wildman–Crippen MR) is 131 cm³/mol. The van der Waals surface area contributed by atoms with Gasteiger partial charge in [-0.2, -0.15) is 5.10 Å². The molecule has 2 aromatic rings. The lowest BCUT2D eigenvalue weighted by molar-refractivity contribution is -0.126. The van der Waals surface area contributed by atoms with Gasteiger partial charge in [-0.15, -0.1) is 0 Å². The summed E-state index contributed by atoms with van der Waals surface area (Å²) in [6.07, 6.45) is 4.16. The predicted octanol–water partition coefficient (Wildman–Crippen LogP) is 4.54. The molecule has 1 heterocycles. The van der Waals surface area contributed by atoms with Crippen LogP contribution >= 0.6 is 0 Å². The van der Waals surface area contributed by atoms with E-state index in [-0.39, 0.29) is 29.9 Å². The van der Waals surface area contributed by atoms with Crippen molar-refractivity contribution in [1.29, 1.82) is 0 Å². The number of carbonyl (C=O) groups is 3. The van der Waals surface area contributed by atoms with Gasteiger partial charge in [0, 0.05) is 17.8 Å². The van der Waals surface area contributed by atoms with Crippen molar-refractivity contribution < 1.29 is 23.5 Å². The summed E-state index contributed by atoms with van der Waals surface area (Å²) < 4.78 is 18.9. The van der Waals surface area contributed by atoms with E-state index in [1.54, 1.807) is 20.8 Å². The first-order valence-electron chi connectivity index (χ1n) is 12.2. The number of halogens is 1. The lowest BCUT2D eigenvalue weighted by Crippen LogP contribution is -2.61. The summed E-state index contributed by atoms with van der Waals surface area (Å²) in [7, 11) is 0. The van der Waals surface area contributed by atoms with Crippen molar-refractivity contribution in [2.75, 3.05) is 11.5 Å². The quantitative estimate of drug-likeness (QED) is 0.533. The monoisotopic (exact) mass is 486 g/mol. The first-order valence-corrected chi connectivity index (χ1v) is 12.2. The van der Waals surface area contributed by atoms with E-state index in [2.05, 4.69) is 22.4 Å². The van der Waals surface area contributed by atoms with Crippen molar-refractivity contribution in [3.63, 3.8) is 0 Å². The fourth-order valence-electron chi connectivity index (χ4n) is 4.49. The van der Waals surface area contributed by atoms with E-state index < -0.39 is 23.2 Å². The van der Waals surface area contributed by atoms with E-state index in [0.717, 1.165) is 25.7 Å². The van der Waals surface area contributed by atoms with Crippen LogP contribution in [-0.2, 0) is 9.53 Å². The van der Waals surface area contributed by atoms with Gasteiger partial charge >= 0.3 is 5.97 Å². The third kappa shape index (κ3) is 5.71. The summed E-state index contributed by atoms with van der Waals surface area (Å²) in [5.74, 6) is -1.30. The second kappa shape index (κ2) is 11.0. The molecule has 0 spiro atoms. The number of nitrogens with zero attached hydrogens (tertiary/aromatic N) is 2. The van der Waals surface area contributed by atoms with Crippen molar-refractivity contribution in [2.24, 2.45) is 5.92 Å². The van der Waals surface area contributed by atoms with Gasteiger partial charge in [0.05, 0.1) is 6.61 Å². The minimum Gasteiger partial charge on any atom is -0.461 e. The van der Waals surface area contributed by atoms with Crippen LogP contribution in [0, 0.1) is 18.7 Å². The summed E-state index contributed by atoms with van der Waals surface area (Å²) in [5, 5.41) is 9.71. The Morgan fingerprint density at radius 2 is 1.89 bits per heavy atom. The SMILES string of the molecule is CCOC(=O)c1cc(C(=O)N(c2ccc(F)cc2C)C(C)(CC)C(=O)NC2CCC(C)CC2)n[nH]1. The zero-order valence-electron chi connectivity index (χ0n) is 21.1. The number of hydrogen-bond acceptors (Lipinski definition) is 5. The molecule has 0 aliphatic heterocycles. The summed E-state index contributed by atoms with van der Waals surface area (Å²) in [5.41, 5.74) is -0.404. The summed E-state index contributed by atoms with van der Waals surface area (Å²) in [6, 6.07) is 5.42. The van der Waals surface area contributed by atoms with Crippen molar-refractivity contribution in [1.82, 2.24) is 15.5 Å². The highest BCUT2D eigenvalue weighted by Gasteiger charge is 2.44. The number of H-pyrrole nitrogens is 1. The van der Waals surface area contributed by atoms with E-state index in [1.807, 2.05) is 6.92 Å². The van der Waals surface area contributed by atoms with Gasteiger partial charge in [0.2, 0.25) is 5.91 Å². The molecule has 1 aliphatic carbocycles. The molecular formula is C26H35FN4O4. The molecule has 1 unspecified atom stereocenters. The lowest BCUT2D eigenvalue weighted by atomic mass is 9.86. The van der Waals surface area contributed by atoms with Gasteiger partial charge in [-0.1, -0.05) is 13.8 Å². The highest BCUT2D eigenvalue weighted by Crippen LogP contribution is 2.33. The largest absolute Gasteiger partial charge is 0.461 e. The summed E-state index contributed by atoms with van der Waals surface area (Å²) >= 11 is 0.